The van der Waals surface area contributed by atoms with Crippen molar-refractivity contribution in [3.05, 3.63) is 106 Å². The first-order valence-corrected chi connectivity index (χ1v) is 9.70. The maximum atomic E-state index is 12.8. The third kappa shape index (κ3) is 5.18. The monoisotopic (exact) mass is 450 g/mol. The number of hydrogen-bond donors (Lipinski definition) is 1. The first kappa shape index (κ1) is 20.5. The summed E-state index contributed by atoms with van der Waals surface area (Å²) in [6.45, 7) is 0. The number of carbonyl (C=O) groups is 2. The Balaban J connectivity index is 1.91. The molecule has 0 aromatic heterocycles. The van der Waals surface area contributed by atoms with Crippen molar-refractivity contribution in [1.29, 1.82) is 0 Å². The fraction of sp³-hybridized carbons (Fsp3) is 0.0870. The molecule has 146 valence electrons. The number of amides is 1. The fourth-order valence-corrected chi connectivity index (χ4v) is 3.22. The molecule has 6 heteroatoms. The summed E-state index contributed by atoms with van der Waals surface area (Å²) in [5.41, 5.74) is 2.77. The summed E-state index contributed by atoms with van der Waals surface area (Å²) in [6.07, 6.45) is 1.21. The van der Waals surface area contributed by atoms with Crippen LogP contribution in [0.3, 0.4) is 0 Å². The van der Waals surface area contributed by atoms with Crippen molar-refractivity contribution >= 4 is 34.0 Å². The molecule has 3 rings (SSSR count). The van der Waals surface area contributed by atoms with Crippen molar-refractivity contribution in [3.63, 3.8) is 0 Å². The number of nitrogens with one attached hydrogen (secondary N) is 1. The molecule has 5 nitrogen and oxygen atoms in total. The molecular formula is C23H19BrN2O3. The first-order valence-electron chi connectivity index (χ1n) is 8.90. The average Bonchev–Trinajstić information content (AvgIpc) is 2.76. The predicted octanol–water partition coefficient (Wildman–Crippen LogP) is 4.52. The Morgan fingerprint density at radius 2 is 1.45 bits per heavy atom. The van der Waals surface area contributed by atoms with E-state index in [9.17, 15) is 9.59 Å². The number of hydrogen-bond acceptors (Lipinski definition) is 4. The number of benzene rings is 3. The minimum atomic E-state index is -0.563. The second kappa shape index (κ2) is 9.80. The van der Waals surface area contributed by atoms with E-state index < -0.39 is 5.92 Å². The summed E-state index contributed by atoms with van der Waals surface area (Å²) in [6, 6.07) is 23.7. The lowest BCUT2D eigenvalue weighted by molar-refractivity contribution is -0.120. The minimum absolute atomic E-state index is 0.0611. The van der Waals surface area contributed by atoms with Crippen LogP contribution in [0.15, 0.2) is 88.5 Å². The van der Waals surface area contributed by atoms with Gasteiger partial charge in [-0.25, -0.2) is 0 Å². The Kier molecular flexibility index (Phi) is 6.92. The number of carbonyl (C=O) groups excluding carboxylic acids is 2. The number of oxime groups is 1. The van der Waals surface area contributed by atoms with E-state index in [1.807, 2.05) is 42.5 Å². The molecule has 0 fully saturated rings. The highest BCUT2D eigenvalue weighted by molar-refractivity contribution is 9.10. The summed E-state index contributed by atoms with van der Waals surface area (Å²) in [7, 11) is 1.40. The number of rotatable bonds is 7. The van der Waals surface area contributed by atoms with Gasteiger partial charge >= 0.3 is 0 Å². The Morgan fingerprint density at radius 1 is 0.897 bits per heavy atom. The molecule has 0 bridgehead atoms. The third-order valence-electron chi connectivity index (χ3n) is 4.37. The van der Waals surface area contributed by atoms with Gasteiger partial charge in [0.2, 0.25) is 5.91 Å². The van der Waals surface area contributed by atoms with Crippen LogP contribution in [0.1, 0.15) is 33.0 Å². The maximum absolute atomic E-state index is 12.8. The van der Waals surface area contributed by atoms with Crippen LogP contribution < -0.4 is 5.32 Å². The largest absolute Gasteiger partial charge is 0.398 e. The van der Waals surface area contributed by atoms with E-state index in [2.05, 4.69) is 31.2 Å². The minimum Gasteiger partial charge on any atom is -0.398 e. The van der Waals surface area contributed by atoms with Crippen LogP contribution in [0.4, 0.5) is 0 Å². The summed E-state index contributed by atoms with van der Waals surface area (Å²) < 4.78 is 0.921. The summed E-state index contributed by atoms with van der Waals surface area (Å²) in [5, 5.41) is 6.18. The van der Waals surface area contributed by atoms with Gasteiger partial charge in [-0.05, 0) is 23.3 Å². The van der Waals surface area contributed by atoms with Gasteiger partial charge in [0.1, 0.15) is 13.4 Å². The van der Waals surface area contributed by atoms with Crippen LogP contribution in [0.5, 0.6) is 0 Å². The average molecular weight is 451 g/mol. The van der Waals surface area contributed by atoms with Crippen LogP contribution in [0, 0.1) is 0 Å². The topological polar surface area (TPSA) is 67.8 Å². The lowest BCUT2D eigenvalue weighted by atomic mass is 9.89. The molecule has 0 aliphatic rings. The normalized spacial score (nSPS) is 11.8. The van der Waals surface area contributed by atoms with Gasteiger partial charge in [-0.15, -0.1) is 0 Å². The summed E-state index contributed by atoms with van der Waals surface area (Å²) >= 11 is 3.41. The molecule has 29 heavy (non-hydrogen) atoms. The summed E-state index contributed by atoms with van der Waals surface area (Å²) in [4.78, 5) is 30.0. The van der Waals surface area contributed by atoms with Gasteiger partial charge in [0, 0.05) is 15.6 Å². The molecule has 0 aliphatic heterocycles. The van der Waals surface area contributed by atoms with Gasteiger partial charge in [0.25, 0.3) is 0 Å². The summed E-state index contributed by atoms with van der Waals surface area (Å²) in [5.74, 6) is -0.878. The highest BCUT2D eigenvalue weighted by atomic mass is 79.9. The van der Waals surface area contributed by atoms with E-state index in [0.29, 0.717) is 11.1 Å². The Labute approximate surface area is 177 Å². The van der Waals surface area contributed by atoms with Crippen molar-refractivity contribution in [2.45, 2.75) is 5.92 Å². The molecule has 1 atom stereocenters. The Bertz CT molecular complexity index is 1000. The first-order chi connectivity index (χ1) is 14.1. The van der Waals surface area contributed by atoms with E-state index in [-0.39, 0.29) is 11.7 Å². The molecular weight excluding hydrogens is 432 g/mol. The van der Waals surface area contributed by atoms with Crippen LogP contribution >= 0.6 is 15.9 Å². The van der Waals surface area contributed by atoms with Crippen LogP contribution in [-0.2, 0) is 9.63 Å². The second-order valence-electron chi connectivity index (χ2n) is 6.23. The van der Waals surface area contributed by atoms with Gasteiger partial charge < -0.3 is 10.2 Å². The second-order valence-corrected chi connectivity index (χ2v) is 7.14. The molecule has 0 spiro atoms. The van der Waals surface area contributed by atoms with E-state index in [0.717, 1.165) is 15.6 Å². The molecule has 3 aromatic carbocycles. The van der Waals surface area contributed by atoms with Crippen LogP contribution in [0.2, 0.25) is 0 Å². The van der Waals surface area contributed by atoms with Gasteiger partial charge in [-0.2, -0.15) is 0 Å². The molecule has 0 radical (unpaired) electrons. The molecule has 0 saturated carbocycles. The maximum Gasteiger partial charge on any atom is 0.237 e. The van der Waals surface area contributed by atoms with Crippen molar-refractivity contribution in [2.24, 2.45) is 5.16 Å². The zero-order valence-corrected chi connectivity index (χ0v) is 17.3. The number of ketones is 1. The van der Waals surface area contributed by atoms with Gasteiger partial charge in [-0.3, -0.25) is 9.59 Å². The highest BCUT2D eigenvalue weighted by Crippen LogP contribution is 2.27. The van der Waals surface area contributed by atoms with E-state index >= 15 is 0 Å². The molecule has 1 amide bonds. The van der Waals surface area contributed by atoms with E-state index in [1.165, 1.54) is 13.4 Å². The molecule has 0 heterocycles. The van der Waals surface area contributed by atoms with Crippen LogP contribution in [-0.4, -0.2) is 25.1 Å². The van der Waals surface area contributed by atoms with Crippen molar-refractivity contribution < 1.29 is 14.4 Å². The van der Waals surface area contributed by atoms with E-state index in [1.54, 1.807) is 36.4 Å². The predicted molar refractivity (Wildman–Crippen MR) is 116 cm³/mol. The third-order valence-corrected chi connectivity index (χ3v) is 4.90. The van der Waals surface area contributed by atoms with Gasteiger partial charge in [0.05, 0.1) is 5.92 Å². The van der Waals surface area contributed by atoms with Gasteiger partial charge in [0.15, 0.2) is 5.78 Å². The zero-order valence-electron chi connectivity index (χ0n) is 15.7. The molecule has 0 aliphatic carbocycles. The smallest absolute Gasteiger partial charge is 0.237 e. The van der Waals surface area contributed by atoms with Crippen LogP contribution in [0.25, 0.3) is 0 Å². The fourth-order valence-electron chi connectivity index (χ4n) is 2.96. The Morgan fingerprint density at radius 3 is 2.03 bits per heavy atom. The quantitative estimate of drug-likeness (QED) is 0.249. The molecule has 0 saturated heterocycles. The lowest BCUT2D eigenvalue weighted by Gasteiger charge is -2.17. The van der Waals surface area contributed by atoms with E-state index in [4.69, 9.17) is 0 Å². The standard InChI is InChI=1S/C23H19BrN2O3/c1-29-26-15-25-23(28)21(17-11-13-20(24)14-12-17)16-7-9-19(10-8-16)22(27)18-5-3-2-4-6-18/h2-15,21H,1H3,(H,25,26,28)/t21-/m0/s1. The zero-order chi connectivity index (χ0) is 20.6. The van der Waals surface area contributed by atoms with Gasteiger partial charge in [-0.1, -0.05) is 87.8 Å². The van der Waals surface area contributed by atoms with Crippen molar-refractivity contribution in [3.8, 4) is 0 Å². The molecule has 1 N–H and O–H groups in total. The lowest BCUT2D eigenvalue weighted by Crippen LogP contribution is -2.29. The number of nitrogens with zero attached hydrogens (tertiary/aromatic N) is 1. The Hall–Kier alpha value is -3.25. The van der Waals surface area contributed by atoms with Crippen molar-refractivity contribution in [2.75, 3.05) is 7.11 Å². The SMILES string of the molecule is CO/N=C\NC(=O)[C@H](c1ccc(Br)cc1)c1ccc(C(=O)c2ccccc2)cc1. The molecule has 3 aromatic rings. The molecule has 0 unspecified atom stereocenters. The number of halogens is 1. The highest BCUT2D eigenvalue weighted by Gasteiger charge is 2.23. The van der Waals surface area contributed by atoms with Crippen molar-refractivity contribution in [1.82, 2.24) is 5.32 Å².